The summed E-state index contributed by atoms with van der Waals surface area (Å²) in [5.74, 6) is 0. The Morgan fingerprint density at radius 1 is 0.917 bits per heavy atom. The van der Waals surface area contributed by atoms with Gasteiger partial charge in [0.2, 0.25) is 0 Å². The molecule has 0 amide bonds. The van der Waals surface area contributed by atoms with Crippen molar-refractivity contribution >= 4 is 38.9 Å². The normalized spacial score (nSPS) is 17.1. The zero-order valence-corrected chi connectivity index (χ0v) is 21.2. The lowest BCUT2D eigenvalue weighted by Crippen LogP contribution is -2.08. The van der Waals surface area contributed by atoms with Crippen LogP contribution in [0.1, 0.15) is 47.1 Å². The number of halogens is 1. The van der Waals surface area contributed by atoms with Crippen molar-refractivity contribution in [3.05, 3.63) is 106 Å². The summed E-state index contributed by atoms with van der Waals surface area (Å²) in [5.41, 5.74) is 8.36. The molecule has 0 fully saturated rings. The standard InChI is InChI=1S/C30H24ClN3OS/c31-21-14-12-20(13-15-21)26-22-10-4-5-11-23(22)32-30-27(26)28(34-16-6-7-17-34)29(36-30)24-18-25(35-33-24)19-8-2-1-3-9-19/h1-3,6-9,12-17,25H,4-5,10-11,18H2. The fraction of sp³-hybridized carbons (Fsp3) is 0.200. The third kappa shape index (κ3) is 3.66. The Balaban J connectivity index is 1.46. The van der Waals surface area contributed by atoms with Crippen molar-refractivity contribution in [2.75, 3.05) is 0 Å². The summed E-state index contributed by atoms with van der Waals surface area (Å²) in [7, 11) is 0. The van der Waals surface area contributed by atoms with E-state index in [9.17, 15) is 0 Å². The second-order valence-corrected chi connectivity index (χ2v) is 10.9. The van der Waals surface area contributed by atoms with Crippen LogP contribution in [0, 0.1) is 0 Å². The first kappa shape index (κ1) is 21.8. The fourth-order valence-electron chi connectivity index (χ4n) is 5.49. The van der Waals surface area contributed by atoms with Gasteiger partial charge in [0, 0.05) is 34.9 Å². The fourth-order valence-corrected chi connectivity index (χ4v) is 6.81. The van der Waals surface area contributed by atoms with E-state index >= 15 is 0 Å². The summed E-state index contributed by atoms with van der Waals surface area (Å²) in [4.78, 5) is 13.4. The highest BCUT2D eigenvalue weighted by molar-refractivity contribution is 7.21. The quantitative estimate of drug-likeness (QED) is 0.245. The predicted molar refractivity (Wildman–Crippen MR) is 147 cm³/mol. The van der Waals surface area contributed by atoms with Crippen LogP contribution in [0.3, 0.4) is 0 Å². The van der Waals surface area contributed by atoms with Gasteiger partial charge in [-0.25, -0.2) is 4.98 Å². The van der Waals surface area contributed by atoms with Gasteiger partial charge in [-0.2, -0.15) is 0 Å². The summed E-state index contributed by atoms with van der Waals surface area (Å²) < 4.78 is 2.21. The number of thiophene rings is 1. The molecule has 0 saturated carbocycles. The van der Waals surface area contributed by atoms with Gasteiger partial charge in [-0.1, -0.05) is 59.2 Å². The summed E-state index contributed by atoms with van der Waals surface area (Å²) >= 11 is 8.02. The van der Waals surface area contributed by atoms with Crippen molar-refractivity contribution in [2.45, 2.75) is 38.2 Å². The van der Waals surface area contributed by atoms with E-state index in [0.29, 0.717) is 0 Å². The number of aromatic nitrogens is 2. The Labute approximate surface area is 218 Å². The first-order valence-electron chi connectivity index (χ1n) is 12.4. The maximum Gasteiger partial charge on any atom is 0.158 e. The van der Waals surface area contributed by atoms with Crippen LogP contribution < -0.4 is 0 Å². The summed E-state index contributed by atoms with van der Waals surface area (Å²) in [6, 6.07) is 22.7. The van der Waals surface area contributed by atoms with Crippen molar-refractivity contribution in [1.82, 2.24) is 9.55 Å². The van der Waals surface area contributed by atoms with E-state index in [4.69, 9.17) is 21.4 Å². The van der Waals surface area contributed by atoms with E-state index in [2.05, 4.69) is 58.5 Å². The number of fused-ring (bicyclic) bond motifs is 2. The number of pyridine rings is 1. The second-order valence-electron chi connectivity index (χ2n) is 9.42. The van der Waals surface area contributed by atoms with Gasteiger partial charge in [0.1, 0.15) is 10.5 Å². The largest absolute Gasteiger partial charge is 0.387 e. The molecule has 5 aromatic rings. The van der Waals surface area contributed by atoms with Crippen LogP contribution in [0.25, 0.3) is 27.0 Å². The lowest BCUT2D eigenvalue weighted by molar-refractivity contribution is 0.0857. The van der Waals surface area contributed by atoms with Crippen LogP contribution in [-0.4, -0.2) is 15.3 Å². The van der Waals surface area contributed by atoms with Gasteiger partial charge in [-0.3, -0.25) is 0 Å². The molecular formula is C30H24ClN3OS. The SMILES string of the molecule is Clc1ccc(-c2c3c(nc4sc(C5=NOC(c6ccccc6)C5)c(-n5cccc5)c24)CCCC3)cc1. The minimum Gasteiger partial charge on any atom is -0.387 e. The average Bonchev–Trinajstić information content (AvgIpc) is 3.68. The number of rotatable bonds is 4. The first-order valence-corrected chi connectivity index (χ1v) is 13.6. The maximum atomic E-state index is 6.28. The summed E-state index contributed by atoms with van der Waals surface area (Å²) in [6.45, 7) is 0. The molecule has 1 aliphatic carbocycles. The number of hydrogen-bond acceptors (Lipinski definition) is 4. The van der Waals surface area contributed by atoms with E-state index in [1.54, 1.807) is 11.3 Å². The highest BCUT2D eigenvalue weighted by Crippen LogP contribution is 2.46. The monoisotopic (exact) mass is 509 g/mol. The van der Waals surface area contributed by atoms with Gasteiger partial charge in [0.05, 0.1) is 10.6 Å². The lowest BCUT2D eigenvalue weighted by Gasteiger charge is -2.21. The van der Waals surface area contributed by atoms with Gasteiger partial charge in [-0.05, 0) is 72.2 Å². The molecule has 36 heavy (non-hydrogen) atoms. The topological polar surface area (TPSA) is 39.4 Å². The highest BCUT2D eigenvalue weighted by atomic mass is 35.5. The van der Waals surface area contributed by atoms with Crippen LogP contribution in [0.5, 0.6) is 0 Å². The van der Waals surface area contributed by atoms with Crippen LogP contribution >= 0.6 is 22.9 Å². The van der Waals surface area contributed by atoms with E-state index in [1.165, 1.54) is 40.6 Å². The van der Waals surface area contributed by atoms with Crippen molar-refractivity contribution < 1.29 is 4.84 Å². The van der Waals surface area contributed by atoms with Gasteiger partial charge < -0.3 is 9.40 Å². The van der Waals surface area contributed by atoms with Gasteiger partial charge in [-0.15, -0.1) is 11.3 Å². The number of nitrogens with zero attached hydrogens (tertiary/aromatic N) is 3. The number of oxime groups is 1. The van der Waals surface area contributed by atoms with Crippen LogP contribution in [0.2, 0.25) is 5.02 Å². The molecular weight excluding hydrogens is 486 g/mol. The number of benzene rings is 2. The van der Waals surface area contributed by atoms with E-state index in [-0.39, 0.29) is 6.10 Å². The molecule has 1 atom stereocenters. The van der Waals surface area contributed by atoms with E-state index in [0.717, 1.165) is 51.0 Å². The van der Waals surface area contributed by atoms with Crippen molar-refractivity contribution in [3.63, 3.8) is 0 Å². The summed E-state index contributed by atoms with van der Waals surface area (Å²) in [6.07, 6.45) is 9.35. The van der Waals surface area contributed by atoms with Gasteiger partial charge in [0.15, 0.2) is 6.10 Å². The predicted octanol–water partition coefficient (Wildman–Crippen LogP) is 8.15. The minimum atomic E-state index is -0.0687. The molecule has 1 aliphatic heterocycles. The second kappa shape index (κ2) is 8.91. The third-order valence-corrected chi connectivity index (χ3v) is 8.56. The van der Waals surface area contributed by atoms with Gasteiger partial charge in [0.25, 0.3) is 0 Å². The molecule has 1 unspecified atom stereocenters. The molecule has 2 aliphatic rings. The Morgan fingerprint density at radius 2 is 1.69 bits per heavy atom. The smallest absolute Gasteiger partial charge is 0.158 e. The zero-order valence-electron chi connectivity index (χ0n) is 19.7. The average molecular weight is 510 g/mol. The lowest BCUT2D eigenvalue weighted by atomic mass is 9.87. The van der Waals surface area contributed by atoms with Crippen LogP contribution in [0.15, 0.2) is 84.3 Å². The Bertz CT molecular complexity index is 1590. The van der Waals surface area contributed by atoms with Crippen LogP contribution in [0.4, 0.5) is 0 Å². The molecule has 3 aromatic heterocycles. The molecule has 4 heterocycles. The molecule has 178 valence electrons. The van der Waals surface area contributed by atoms with Crippen molar-refractivity contribution in [3.8, 4) is 16.8 Å². The van der Waals surface area contributed by atoms with Crippen LogP contribution in [-0.2, 0) is 17.7 Å². The molecule has 0 radical (unpaired) electrons. The first-order chi connectivity index (χ1) is 17.8. The molecule has 6 heteroatoms. The number of hydrogen-bond donors (Lipinski definition) is 0. The third-order valence-electron chi connectivity index (χ3n) is 7.19. The van der Waals surface area contributed by atoms with Crippen molar-refractivity contribution in [1.29, 1.82) is 0 Å². The van der Waals surface area contributed by atoms with Crippen molar-refractivity contribution in [2.24, 2.45) is 5.16 Å². The Kier molecular flexibility index (Phi) is 5.41. The molecule has 0 spiro atoms. The molecule has 0 N–H and O–H groups in total. The van der Waals surface area contributed by atoms with E-state index in [1.807, 2.05) is 30.3 Å². The zero-order chi connectivity index (χ0) is 24.1. The Hall–Kier alpha value is -3.41. The molecule has 2 aromatic carbocycles. The minimum absolute atomic E-state index is 0.0687. The maximum absolute atomic E-state index is 6.28. The van der Waals surface area contributed by atoms with Gasteiger partial charge >= 0.3 is 0 Å². The molecule has 7 rings (SSSR count). The highest BCUT2D eigenvalue weighted by Gasteiger charge is 2.31. The number of aryl methyl sites for hydroxylation is 1. The molecule has 4 nitrogen and oxygen atoms in total. The Morgan fingerprint density at radius 3 is 2.50 bits per heavy atom. The molecule has 0 bridgehead atoms. The molecule has 0 saturated heterocycles. The van der Waals surface area contributed by atoms with E-state index < -0.39 is 0 Å². The summed E-state index contributed by atoms with van der Waals surface area (Å²) in [5, 5.41) is 6.55.